The molecule has 1 amide bonds. The van der Waals surface area contributed by atoms with Crippen LogP contribution >= 0.6 is 11.6 Å². The van der Waals surface area contributed by atoms with Gasteiger partial charge in [-0.3, -0.25) is 9.78 Å². The quantitative estimate of drug-likeness (QED) is 0.504. The van der Waals surface area contributed by atoms with Gasteiger partial charge in [-0.2, -0.15) is 0 Å². The second kappa shape index (κ2) is 7.70. The van der Waals surface area contributed by atoms with Gasteiger partial charge in [0.1, 0.15) is 11.3 Å². The van der Waals surface area contributed by atoms with Crippen molar-refractivity contribution in [2.24, 2.45) is 0 Å². The number of halogens is 1. The third-order valence-electron chi connectivity index (χ3n) is 4.07. The molecular formula is C21H16ClN3O3. The largest absolute Gasteiger partial charge is 0.492 e. The van der Waals surface area contributed by atoms with Crippen molar-refractivity contribution in [3.05, 3.63) is 71.5 Å². The van der Waals surface area contributed by atoms with Crippen LogP contribution in [-0.4, -0.2) is 22.5 Å². The number of nitrogens with one attached hydrogen (secondary N) is 1. The molecule has 0 aliphatic heterocycles. The topological polar surface area (TPSA) is 77.2 Å². The second-order valence-corrected chi connectivity index (χ2v) is 6.38. The zero-order valence-electron chi connectivity index (χ0n) is 15.0. The minimum absolute atomic E-state index is 0.276. The minimum Gasteiger partial charge on any atom is -0.492 e. The molecule has 7 heteroatoms. The first-order valence-corrected chi connectivity index (χ1v) is 9.06. The maximum absolute atomic E-state index is 12.5. The summed E-state index contributed by atoms with van der Waals surface area (Å²) >= 11 is 6.16. The van der Waals surface area contributed by atoms with Crippen LogP contribution in [0.4, 0.5) is 5.69 Å². The number of hydrogen-bond acceptors (Lipinski definition) is 5. The first-order chi connectivity index (χ1) is 13.6. The number of carbonyl (C=O) groups is 1. The van der Waals surface area contributed by atoms with Gasteiger partial charge < -0.3 is 14.5 Å². The highest BCUT2D eigenvalue weighted by Crippen LogP contribution is 2.28. The number of rotatable bonds is 5. The van der Waals surface area contributed by atoms with E-state index in [1.807, 2.05) is 19.1 Å². The van der Waals surface area contributed by atoms with Crippen LogP contribution in [0.5, 0.6) is 5.75 Å². The van der Waals surface area contributed by atoms with Gasteiger partial charge in [-0.15, -0.1) is 0 Å². The van der Waals surface area contributed by atoms with Gasteiger partial charge in [-0.1, -0.05) is 11.6 Å². The minimum atomic E-state index is -0.276. The van der Waals surface area contributed by atoms with Crippen LogP contribution in [0.25, 0.3) is 22.6 Å². The van der Waals surface area contributed by atoms with Crippen LogP contribution in [0.15, 0.2) is 65.3 Å². The first-order valence-electron chi connectivity index (χ1n) is 8.68. The predicted molar refractivity (Wildman–Crippen MR) is 108 cm³/mol. The molecule has 140 valence electrons. The van der Waals surface area contributed by atoms with E-state index in [2.05, 4.69) is 15.3 Å². The number of hydrogen-bond donors (Lipinski definition) is 1. The molecule has 2 aromatic carbocycles. The van der Waals surface area contributed by atoms with Crippen LogP contribution in [0.1, 0.15) is 17.3 Å². The maximum atomic E-state index is 12.5. The van der Waals surface area contributed by atoms with Crippen LogP contribution in [0, 0.1) is 0 Å². The lowest BCUT2D eigenvalue weighted by Gasteiger charge is -2.08. The van der Waals surface area contributed by atoms with Crippen molar-refractivity contribution in [2.75, 3.05) is 11.9 Å². The Morgan fingerprint density at radius 2 is 1.96 bits per heavy atom. The molecule has 0 fully saturated rings. The SMILES string of the molecule is CCOc1ccc(C(=O)Nc2ccc3oc(-c4ccncc4)nc3c2)cc1Cl. The van der Waals surface area contributed by atoms with Gasteiger partial charge in [0, 0.05) is 29.2 Å². The Balaban J connectivity index is 1.56. The molecule has 0 radical (unpaired) electrons. The maximum Gasteiger partial charge on any atom is 0.255 e. The average Bonchev–Trinajstić information content (AvgIpc) is 3.14. The molecule has 6 nitrogen and oxygen atoms in total. The molecule has 0 aliphatic carbocycles. The summed E-state index contributed by atoms with van der Waals surface area (Å²) in [7, 11) is 0. The molecule has 0 aliphatic rings. The number of fused-ring (bicyclic) bond motifs is 1. The smallest absolute Gasteiger partial charge is 0.255 e. The average molecular weight is 394 g/mol. The number of anilines is 1. The number of amides is 1. The van der Waals surface area contributed by atoms with E-state index in [0.29, 0.717) is 45.6 Å². The van der Waals surface area contributed by atoms with Gasteiger partial charge in [0.15, 0.2) is 5.58 Å². The van der Waals surface area contributed by atoms with Crippen molar-refractivity contribution in [1.82, 2.24) is 9.97 Å². The Hall–Kier alpha value is -3.38. The molecule has 2 aromatic heterocycles. The zero-order valence-corrected chi connectivity index (χ0v) is 15.7. The molecule has 0 saturated carbocycles. The molecule has 0 saturated heterocycles. The van der Waals surface area contributed by atoms with Crippen LogP contribution in [0.3, 0.4) is 0 Å². The molecule has 2 heterocycles. The van der Waals surface area contributed by atoms with E-state index < -0.39 is 0 Å². The zero-order chi connectivity index (χ0) is 19.5. The molecule has 1 N–H and O–H groups in total. The molecular weight excluding hydrogens is 378 g/mol. The van der Waals surface area contributed by atoms with E-state index in [0.717, 1.165) is 5.56 Å². The highest BCUT2D eigenvalue weighted by molar-refractivity contribution is 6.32. The summed E-state index contributed by atoms with van der Waals surface area (Å²) in [6.07, 6.45) is 3.36. The first kappa shape index (κ1) is 18.0. The molecule has 28 heavy (non-hydrogen) atoms. The van der Waals surface area contributed by atoms with Gasteiger partial charge in [0.2, 0.25) is 5.89 Å². The van der Waals surface area contributed by atoms with Gasteiger partial charge in [0.25, 0.3) is 5.91 Å². The predicted octanol–water partition coefficient (Wildman–Crippen LogP) is 5.19. The Kier molecular flexibility index (Phi) is 4.95. The third-order valence-corrected chi connectivity index (χ3v) is 4.36. The van der Waals surface area contributed by atoms with Crippen molar-refractivity contribution >= 4 is 34.3 Å². The van der Waals surface area contributed by atoms with Crippen LogP contribution in [-0.2, 0) is 0 Å². The number of pyridine rings is 1. The summed E-state index contributed by atoms with van der Waals surface area (Å²) in [5.74, 6) is 0.773. The fourth-order valence-electron chi connectivity index (χ4n) is 2.74. The van der Waals surface area contributed by atoms with E-state index >= 15 is 0 Å². The molecule has 0 atom stereocenters. The highest BCUT2D eigenvalue weighted by atomic mass is 35.5. The number of ether oxygens (including phenoxy) is 1. The summed E-state index contributed by atoms with van der Waals surface area (Å²) in [5, 5.41) is 3.24. The Morgan fingerprint density at radius 1 is 1.14 bits per heavy atom. The number of nitrogens with zero attached hydrogens (tertiary/aromatic N) is 2. The van der Waals surface area contributed by atoms with Gasteiger partial charge >= 0.3 is 0 Å². The number of oxazole rings is 1. The van der Waals surface area contributed by atoms with Crippen molar-refractivity contribution in [3.8, 4) is 17.2 Å². The summed E-state index contributed by atoms with van der Waals surface area (Å²) in [4.78, 5) is 21.0. The fraction of sp³-hybridized carbons (Fsp3) is 0.0952. The molecule has 0 unspecified atom stereocenters. The number of benzene rings is 2. The Labute approximate surface area is 166 Å². The summed E-state index contributed by atoms with van der Waals surface area (Å²) in [5.41, 5.74) is 3.16. The van der Waals surface area contributed by atoms with Crippen molar-refractivity contribution in [1.29, 1.82) is 0 Å². The molecule has 4 rings (SSSR count). The van der Waals surface area contributed by atoms with Crippen LogP contribution < -0.4 is 10.1 Å². The fourth-order valence-corrected chi connectivity index (χ4v) is 2.98. The summed E-state index contributed by atoms with van der Waals surface area (Å²) in [6.45, 7) is 2.38. The van der Waals surface area contributed by atoms with Crippen LogP contribution in [0.2, 0.25) is 5.02 Å². The van der Waals surface area contributed by atoms with Gasteiger partial charge in [0.05, 0.1) is 11.6 Å². The van der Waals surface area contributed by atoms with Gasteiger partial charge in [-0.05, 0) is 55.5 Å². The lowest BCUT2D eigenvalue weighted by Crippen LogP contribution is -2.11. The normalized spacial score (nSPS) is 10.8. The Morgan fingerprint density at radius 3 is 2.71 bits per heavy atom. The highest BCUT2D eigenvalue weighted by Gasteiger charge is 2.12. The standard InChI is InChI=1S/C21H16ClN3O3/c1-2-27-18-5-3-14(11-16(18)22)20(26)24-15-4-6-19-17(12-15)25-21(28-19)13-7-9-23-10-8-13/h3-12H,2H2,1H3,(H,24,26). The van der Waals surface area contributed by atoms with E-state index in [-0.39, 0.29) is 5.91 Å². The number of carbonyl (C=O) groups excluding carboxylic acids is 1. The number of aromatic nitrogens is 2. The van der Waals surface area contributed by atoms with Gasteiger partial charge in [-0.25, -0.2) is 4.98 Å². The van der Waals surface area contributed by atoms with E-state index in [1.165, 1.54) is 0 Å². The van der Waals surface area contributed by atoms with E-state index in [4.69, 9.17) is 20.8 Å². The summed E-state index contributed by atoms with van der Waals surface area (Å²) in [6, 6.07) is 13.9. The second-order valence-electron chi connectivity index (χ2n) is 5.97. The lowest BCUT2D eigenvalue weighted by molar-refractivity contribution is 0.102. The van der Waals surface area contributed by atoms with Crippen molar-refractivity contribution in [3.63, 3.8) is 0 Å². The molecule has 4 aromatic rings. The monoisotopic (exact) mass is 393 g/mol. The van der Waals surface area contributed by atoms with E-state index in [1.54, 1.807) is 48.8 Å². The van der Waals surface area contributed by atoms with Crippen molar-refractivity contribution in [2.45, 2.75) is 6.92 Å². The molecule has 0 spiro atoms. The van der Waals surface area contributed by atoms with Crippen molar-refractivity contribution < 1.29 is 13.9 Å². The molecule has 0 bridgehead atoms. The summed E-state index contributed by atoms with van der Waals surface area (Å²) < 4.78 is 11.2. The van der Waals surface area contributed by atoms with E-state index in [9.17, 15) is 4.79 Å². The Bertz CT molecular complexity index is 1140. The third kappa shape index (κ3) is 3.68. The lowest BCUT2D eigenvalue weighted by atomic mass is 10.2.